The Morgan fingerprint density at radius 1 is 1.18 bits per heavy atom. The Kier molecular flexibility index (Phi) is 4.48. The molecule has 1 aromatic heterocycles. The summed E-state index contributed by atoms with van der Waals surface area (Å²) in [6.07, 6.45) is 3.21. The number of nitrogens with two attached hydrogens (primary N) is 1. The molecule has 1 saturated heterocycles. The molecular formula is C27H29N3O3. The molecule has 0 amide bonds. The molecule has 0 spiro atoms. The van der Waals surface area contributed by atoms with Crippen molar-refractivity contribution in [2.24, 2.45) is 0 Å². The summed E-state index contributed by atoms with van der Waals surface area (Å²) in [6, 6.07) is 10.4. The van der Waals surface area contributed by atoms with E-state index in [-0.39, 0.29) is 11.2 Å². The van der Waals surface area contributed by atoms with Crippen LogP contribution in [0.15, 0.2) is 36.4 Å². The summed E-state index contributed by atoms with van der Waals surface area (Å²) >= 11 is 0. The Hall–Kier alpha value is -3.09. The number of ketones is 1. The normalized spacial score (nSPS) is 20.2. The minimum Gasteiger partial charge on any atom is -0.496 e. The van der Waals surface area contributed by atoms with Crippen molar-refractivity contribution in [3.05, 3.63) is 64.4 Å². The smallest absolute Gasteiger partial charge is 0.195 e. The molecule has 6 rings (SSSR count). The minimum atomic E-state index is -0.375. The van der Waals surface area contributed by atoms with Crippen molar-refractivity contribution < 1.29 is 14.3 Å². The standard InChI is InChI=1S/C27H29N3O3/c1-27(2)21-12-23(32-3)19(15-6-8-30(9-7-15)17-13-33-14-17)11-20(21)25(31)24-18-5-4-16(28)10-22(18)29-26(24)27/h4-6,10-12,17,29H,7-9,13-14,28H2,1-3H3. The zero-order chi connectivity index (χ0) is 22.9. The third-order valence-electron chi connectivity index (χ3n) is 7.66. The average molecular weight is 444 g/mol. The van der Waals surface area contributed by atoms with Crippen molar-refractivity contribution in [2.45, 2.75) is 31.7 Å². The van der Waals surface area contributed by atoms with Crippen LogP contribution in [0.4, 0.5) is 5.69 Å². The van der Waals surface area contributed by atoms with E-state index < -0.39 is 0 Å². The Labute approximate surface area is 193 Å². The molecule has 0 bridgehead atoms. The highest BCUT2D eigenvalue weighted by molar-refractivity contribution is 6.20. The molecule has 3 N–H and O–H groups in total. The number of aromatic nitrogens is 1. The number of hydrogen-bond acceptors (Lipinski definition) is 5. The first-order chi connectivity index (χ1) is 15.9. The van der Waals surface area contributed by atoms with E-state index >= 15 is 0 Å². The van der Waals surface area contributed by atoms with E-state index in [4.69, 9.17) is 15.2 Å². The largest absolute Gasteiger partial charge is 0.496 e. The van der Waals surface area contributed by atoms with Crippen LogP contribution < -0.4 is 10.5 Å². The first-order valence-corrected chi connectivity index (χ1v) is 11.6. The number of rotatable bonds is 3. The second kappa shape index (κ2) is 7.20. The number of carbonyl (C=O) groups excluding carboxylic acids is 1. The highest BCUT2D eigenvalue weighted by Gasteiger charge is 2.40. The maximum Gasteiger partial charge on any atom is 0.195 e. The summed E-state index contributed by atoms with van der Waals surface area (Å²) in [5.74, 6) is 0.883. The monoisotopic (exact) mass is 443 g/mol. The van der Waals surface area contributed by atoms with E-state index in [2.05, 4.69) is 41.9 Å². The molecule has 0 unspecified atom stereocenters. The summed E-state index contributed by atoms with van der Waals surface area (Å²) in [7, 11) is 1.71. The van der Waals surface area contributed by atoms with Crippen LogP contribution in [0.25, 0.3) is 16.5 Å². The van der Waals surface area contributed by atoms with E-state index in [0.717, 1.165) is 77.3 Å². The van der Waals surface area contributed by atoms with Gasteiger partial charge in [0.15, 0.2) is 5.78 Å². The predicted octanol–water partition coefficient (Wildman–Crippen LogP) is 4.12. The van der Waals surface area contributed by atoms with Gasteiger partial charge in [-0.2, -0.15) is 0 Å². The lowest BCUT2D eigenvalue weighted by atomic mass is 9.70. The lowest BCUT2D eigenvalue weighted by Crippen LogP contribution is -2.50. The molecular weight excluding hydrogens is 414 g/mol. The fourth-order valence-electron chi connectivity index (χ4n) is 5.59. The summed E-state index contributed by atoms with van der Waals surface area (Å²) in [5.41, 5.74) is 12.9. The predicted molar refractivity (Wildman–Crippen MR) is 130 cm³/mol. The molecule has 3 aliphatic rings. The first kappa shape index (κ1) is 20.5. The average Bonchev–Trinajstić information content (AvgIpc) is 3.16. The molecule has 0 saturated carbocycles. The van der Waals surface area contributed by atoms with E-state index in [0.29, 0.717) is 11.7 Å². The van der Waals surface area contributed by atoms with Gasteiger partial charge in [0.25, 0.3) is 0 Å². The fraction of sp³-hybridized carbons (Fsp3) is 0.370. The molecule has 3 aromatic rings. The van der Waals surface area contributed by atoms with Gasteiger partial charge in [0.2, 0.25) is 0 Å². The van der Waals surface area contributed by atoms with Crippen LogP contribution in [0.2, 0.25) is 0 Å². The van der Waals surface area contributed by atoms with Crippen molar-refractivity contribution in [1.82, 2.24) is 9.88 Å². The van der Waals surface area contributed by atoms with E-state index in [1.54, 1.807) is 7.11 Å². The Balaban J connectivity index is 1.47. The van der Waals surface area contributed by atoms with Crippen molar-refractivity contribution in [1.29, 1.82) is 0 Å². The van der Waals surface area contributed by atoms with Gasteiger partial charge in [0.05, 0.1) is 31.9 Å². The number of aromatic amines is 1. The second-order valence-electron chi connectivity index (χ2n) is 9.90. The van der Waals surface area contributed by atoms with Crippen molar-refractivity contribution in [3.63, 3.8) is 0 Å². The number of anilines is 1. The second-order valence-corrected chi connectivity index (χ2v) is 9.90. The van der Waals surface area contributed by atoms with E-state index in [1.165, 1.54) is 5.57 Å². The van der Waals surface area contributed by atoms with Crippen LogP contribution >= 0.6 is 0 Å². The van der Waals surface area contributed by atoms with Gasteiger partial charge in [-0.3, -0.25) is 9.69 Å². The highest BCUT2D eigenvalue weighted by Crippen LogP contribution is 2.46. The first-order valence-electron chi connectivity index (χ1n) is 11.6. The number of benzene rings is 2. The zero-order valence-electron chi connectivity index (χ0n) is 19.3. The van der Waals surface area contributed by atoms with Crippen LogP contribution in [0.1, 0.15) is 53.0 Å². The molecule has 0 radical (unpaired) electrons. The number of fused-ring (bicyclic) bond motifs is 4. The Bertz CT molecular complexity index is 1330. The summed E-state index contributed by atoms with van der Waals surface area (Å²) in [4.78, 5) is 19.8. The van der Waals surface area contributed by atoms with Crippen molar-refractivity contribution in [3.8, 4) is 5.75 Å². The highest BCUT2D eigenvalue weighted by atomic mass is 16.5. The van der Waals surface area contributed by atoms with Gasteiger partial charge in [-0.25, -0.2) is 0 Å². The van der Waals surface area contributed by atoms with Gasteiger partial charge in [0.1, 0.15) is 5.75 Å². The maximum absolute atomic E-state index is 13.8. The van der Waals surface area contributed by atoms with E-state index in [9.17, 15) is 4.79 Å². The van der Waals surface area contributed by atoms with Crippen LogP contribution in [0, 0.1) is 0 Å². The van der Waals surface area contributed by atoms with Gasteiger partial charge in [-0.05, 0) is 41.8 Å². The molecule has 3 heterocycles. The lowest BCUT2D eigenvalue weighted by molar-refractivity contribution is -0.0612. The zero-order valence-corrected chi connectivity index (χ0v) is 19.3. The quantitative estimate of drug-likeness (QED) is 0.596. The number of carbonyl (C=O) groups is 1. The molecule has 6 heteroatoms. The molecule has 170 valence electrons. The van der Waals surface area contributed by atoms with Gasteiger partial charge in [0, 0.05) is 51.9 Å². The minimum absolute atomic E-state index is 0.0592. The number of nitrogens with one attached hydrogen (secondary N) is 1. The summed E-state index contributed by atoms with van der Waals surface area (Å²) in [6.45, 7) is 7.87. The van der Waals surface area contributed by atoms with Gasteiger partial charge in [-0.15, -0.1) is 0 Å². The summed E-state index contributed by atoms with van der Waals surface area (Å²) < 4.78 is 11.2. The van der Waals surface area contributed by atoms with Crippen molar-refractivity contribution >= 4 is 27.9 Å². The third-order valence-corrected chi connectivity index (χ3v) is 7.66. The Morgan fingerprint density at radius 3 is 2.67 bits per heavy atom. The lowest BCUT2D eigenvalue weighted by Gasteiger charge is -2.39. The topological polar surface area (TPSA) is 80.6 Å². The molecule has 1 aliphatic carbocycles. The van der Waals surface area contributed by atoms with Crippen LogP contribution in [0.3, 0.4) is 0 Å². The number of ether oxygens (including phenoxy) is 2. The molecule has 1 fully saturated rings. The maximum atomic E-state index is 13.8. The summed E-state index contributed by atoms with van der Waals surface area (Å²) in [5, 5.41) is 0.926. The van der Waals surface area contributed by atoms with Crippen LogP contribution in [-0.4, -0.2) is 55.1 Å². The number of H-pyrrole nitrogens is 1. The van der Waals surface area contributed by atoms with Gasteiger partial charge >= 0.3 is 0 Å². The molecule has 0 atom stereocenters. The number of methoxy groups -OCH3 is 1. The number of hydrogen-bond donors (Lipinski definition) is 2. The van der Waals surface area contributed by atoms with Crippen molar-refractivity contribution in [2.75, 3.05) is 39.1 Å². The SMILES string of the molecule is COc1cc2c(cc1C1=CCN(C3COC3)CC1)C(=O)c1c([nH]c3cc(N)ccc13)C2(C)C. The Morgan fingerprint density at radius 2 is 2.00 bits per heavy atom. The van der Waals surface area contributed by atoms with Gasteiger partial charge < -0.3 is 20.2 Å². The molecule has 2 aliphatic heterocycles. The molecule has 6 nitrogen and oxygen atoms in total. The van der Waals surface area contributed by atoms with Crippen LogP contribution in [-0.2, 0) is 10.2 Å². The fourth-order valence-corrected chi connectivity index (χ4v) is 5.59. The number of nitrogen functional groups attached to an aromatic ring is 1. The van der Waals surface area contributed by atoms with Crippen LogP contribution in [0.5, 0.6) is 5.75 Å². The molecule has 2 aromatic carbocycles. The number of nitrogens with zero attached hydrogens (tertiary/aromatic N) is 1. The van der Waals surface area contributed by atoms with E-state index in [1.807, 2.05) is 18.2 Å². The van der Waals surface area contributed by atoms with Gasteiger partial charge in [-0.1, -0.05) is 26.0 Å². The molecule has 33 heavy (non-hydrogen) atoms. The third kappa shape index (κ3) is 2.97.